The lowest BCUT2D eigenvalue weighted by Crippen LogP contribution is -2.44. The largest absolute Gasteiger partial charge is 0.394 e. The van der Waals surface area contributed by atoms with Crippen LogP contribution in [0.2, 0.25) is 0 Å². The molecule has 0 atom stereocenters. The van der Waals surface area contributed by atoms with Gasteiger partial charge in [0.1, 0.15) is 0 Å². The molecule has 40 heavy (non-hydrogen) atoms. The zero-order valence-electron chi connectivity index (χ0n) is 28.4. The van der Waals surface area contributed by atoms with Crippen molar-refractivity contribution >= 4 is 0 Å². The average molecular weight is 571 g/mol. The second kappa shape index (κ2) is 21.5. The fraction of sp³-hybridized carbons (Fsp3) is 1.00. The van der Waals surface area contributed by atoms with Gasteiger partial charge in [0.2, 0.25) is 0 Å². The van der Waals surface area contributed by atoms with E-state index in [0.29, 0.717) is 5.92 Å². The van der Waals surface area contributed by atoms with E-state index in [9.17, 15) is 5.11 Å². The summed E-state index contributed by atoms with van der Waals surface area (Å²) in [7, 11) is 0. The van der Waals surface area contributed by atoms with Crippen LogP contribution in [0.25, 0.3) is 0 Å². The highest BCUT2D eigenvalue weighted by atomic mass is 16.3. The number of aliphatic hydroxyl groups excluding tert-OH is 1. The predicted octanol–water partition coefficient (Wildman–Crippen LogP) is 9.74. The zero-order valence-corrected chi connectivity index (χ0v) is 28.4. The van der Waals surface area contributed by atoms with Crippen LogP contribution in [0.4, 0.5) is 0 Å². The van der Waals surface area contributed by atoms with Crippen molar-refractivity contribution in [2.75, 3.05) is 0 Å². The topological polar surface area (TPSA) is 80.9 Å². The summed E-state index contributed by atoms with van der Waals surface area (Å²) < 4.78 is 0. The molecular formula is C36H74O4. The van der Waals surface area contributed by atoms with E-state index < -0.39 is 16.8 Å². The molecule has 0 heterocycles. The fourth-order valence-electron chi connectivity index (χ4n) is 6.08. The van der Waals surface area contributed by atoms with Gasteiger partial charge < -0.3 is 20.4 Å². The summed E-state index contributed by atoms with van der Waals surface area (Å²) >= 11 is 0. The maximum Gasteiger partial charge on any atom is 0.0872 e. The molecular weight excluding hydrogens is 496 g/mol. The third kappa shape index (κ3) is 21.5. The van der Waals surface area contributed by atoms with Gasteiger partial charge in [0.15, 0.2) is 0 Å². The Morgan fingerprint density at radius 2 is 0.625 bits per heavy atom. The van der Waals surface area contributed by atoms with Gasteiger partial charge in [-0.1, -0.05) is 122 Å². The van der Waals surface area contributed by atoms with E-state index in [1.165, 1.54) is 109 Å². The SMILES string of the molecule is C1CCC(C2CCCCC2)CC1.C1CCCCC1.CC(C)(O)C(C)(C)O.CC(C)(O)C1CCCCC1.CC(C)O. The van der Waals surface area contributed by atoms with Crippen molar-refractivity contribution in [1.29, 1.82) is 0 Å². The minimum absolute atomic E-state index is 0.167. The molecule has 242 valence electrons. The summed E-state index contributed by atoms with van der Waals surface area (Å²) in [5.74, 6) is 2.83. The van der Waals surface area contributed by atoms with Crippen LogP contribution < -0.4 is 0 Å². The summed E-state index contributed by atoms with van der Waals surface area (Å²) in [6.07, 6.45) is 30.7. The molecule has 0 aromatic rings. The molecule has 0 unspecified atom stereocenters. The Labute approximate surface area is 251 Å². The number of hydrogen-bond acceptors (Lipinski definition) is 4. The van der Waals surface area contributed by atoms with Crippen molar-refractivity contribution in [3.8, 4) is 0 Å². The van der Waals surface area contributed by atoms with E-state index in [1.54, 1.807) is 67.2 Å². The standard InChI is InChI=1S/C12H22.C9H18O.C6H14O2.C6H12.C3H8O/c1-3-7-11(8-4-1)12-9-5-2-6-10-12;1-9(2,10)8-6-4-3-5-7-8;1-5(2,7)6(3,4)8;1-2-4-6-5-3-1;1-3(2)4/h11-12H,1-10H2;8,10H,3-7H2,1-2H3;7-8H,1-4H3;1-6H2;3-4H,1-2H3. The molecule has 4 aliphatic rings. The molecule has 0 aromatic heterocycles. The van der Waals surface area contributed by atoms with Crippen molar-refractivity contribution in [1.82, 2.24) is 0 Å². The van der Waals surface area contributed by atoms with Crippen molar-refractivity contribution in [2.45, 2.75) is 213 Å². The maximum atomic E-state index is 9.64. The van der Waals surface area contributed by atoms with Gasteiger partial charge >= 0.3 is 0 Å². The van der Waals surface area contributed by atoms with Gasteiger partial charge in [-0.05, 0) is 86.0 Å². The van der Waals surface area contributed by atoms with Crippen molar-refractivity contribution in [2.24, 2.45) is 17.8 Å². The number of hydrogen-bond donors (Lipinski definition) is 4. The van der Waals surface area contributed by atoms with Gasteiger partial charge in [-0.25, -0.2) is 0 Å². The summed E-state index contributed by atoms with van der Waals surface area (Å²) in [5, 5.41) is 35.9. The van der Waals surface area contributed by atoms with Crippen LogP contribution >= 0.6 is 0 Å². The Morgan fingerprint density at radius 3 is 0.800 bits per heavy atom. The van der Waals surface area contributed by atoms with E-state index in [0.717, 1.165) is 11.8 Å². The molecule has 4 fully saturated rings. The Hall–Kier alpha value is -0.160. The highest BCUT2D eigenvalue weighted by molar-refractivity contribution is 4.84. The van der Waals surface area contributed by atoms with Gasteiger partial charge in [0.05, 0.1) is 16.8 Å². The first kappa shape index (κ1) is 39.8. The summed E-state index contributed by atoms with van der Waals surface area (Å²) in [6, 6.07) is 0. The van der Waals surface area contributed by atoms with Crippen LogP contribution in [0.15, 0.2) is 0 Å². The summed E-state index contributed by atoms with van der Waals surface area (Å²) in [6.45, 7) is 13.6. The van der Waals surface area contributed by atoms with Crippen LogP contribution in [0.1, 0.15) is 190 Å². The lowest BCUT2D eigenvalue weighted by atomic mass is 9.73. The van der Waals surface area contributed by atoms with E-state index in [4.69, 9.17) is 15.3 Å². The van der Waals surface area contributed by atoms with Gasteiger partial charge in [-0.15, -0.1) is 0 Å². The molecule has 0 spiro atoms. The smallest absolute Gasteiger partial charge is 0.0872 e. The molecule has 4 heteroatoms. The van der Waals surface area contributed by atoms with Crippen molar-refractivity contribution < 1.29 is 20.4 Å². The summed E-state index contributed by atoms with van der Waals surface area (Å²) in [4.78, 5) is 0. The first-order chi connectivity index (χ1) is 18.6. The van der Waals surface area contributed by atoms with Gasteiger partial charge in [0, 0.05) is 6.10 Å². The number of aliphatic hydroxyl groups is 4. The van der Waals surface area contributed by atoms with Gasteiger partial charge in [-0.2, -0.15) is 0 Å². The molecule has 4 aliphatic carbocycles. The predicted molar refractivity (Wildman–Crippen MR) is 174 cm³/mol. The third-order valence-electron chi connectivity index (χ3n) is 9.57. The molecule has 4 saturated carbocycles. The molecule has 4 N–H and O–H groups in total. The van der Waals surface area contributed by atoms with Gasteiger partial charge in [-0.3, -0.25) is 0 Å². The lowest BCUT2D eigenvalue weighted by Gasteiger charge is -2.32. The lowest BCUT2D eigenvalue weighted by molar-refractivity contribution is -0.107. The normalized spacial score (nSPS) is 21.8. The van der Waals surface area contributed by atoms with E-state index in [1.807, 2.05) is 13.8 Å². The molecule has 0 radical (unpaired) electrons. The molecule has 0 aromatic carbocycles. The molecule has 0 saturated heterocycles. The molecule has 4 nitrogen and oxygen atoms in total. The minimum Gasteiger partial charge on any atom is -0.394 e. The fourth-order valence-corrected chi connectivity index (χ4v) is 6.08. The van der Waals surface area contributed by atoms with Crippen molar-refractivity contribution in [3.63, 3.8) is 0 Å². The second-order valence-corrected chi connectivity index (χ2v) is 15.1. The van der Waals surface area contributed by atoms with Crippen LogP contribution in [0.3, 0.4) is 0 Å². The Balaban J connectivity index is 0.000000498. The van der Waals surface area contributed by atoms with E-state index >= 15 is 0 Å². The Kier molecular flexibility index (Phi) is 21.4. The Morgan fingerprint density at radius 1 is 0.425 bits per heavy atom. The number of rotatable bonds is 3. The molecule has 0 bridgehead atoms. The molecule has 4 rings (SSSR count). The first-order valence-corrected chi connectivity index (χ1v) is 17.4. The van der Waals surface area contributed by atoms with E-state index in [-0.39, 0.29) is 6.10 Å². The average Bonchev–Trinajstić information content (AvgIpc) is 2.90. The first-order valence-electron chi connectivity index (χ1n) is 17.4. The Bertz CT molecular complexity index is 503. The minimum atomic E-state index is -1.01. The molecule has 0 aliphatic heterocycles. The zero-order chi connectivity index (χ0) is 30.7. The molecule has 0 amide bonds. The van der Waals surface area contributed by atoms with Crippen molar-refractivity contribution in [3.05, 3.63) is 0 Å². The highest BCUT2D eigenvalue weighted by Gasteiger charge is 2.32. The van der Waals surface area contributed by atoms with Crippen LogP contribution in [0.5, 0.6) is 0 Å². The quantitative estimate of drug-likeness (QED) is 0.272. The maximum absolute atomic E-state index is 9.64. The highest BCUT2D eigenvalue weighted by Crippen LogP contribution is 2.38. The summed E-state index contributed by atoms with van der Waals surface area (Å²) in [5.41, 5.74) is -2.44. The second-order valence-electron chi connectivity index (χ2n) is 15.1. The van der Waals surface area contributed by atoms with Crippen LogP contribution in [0, 0.1) is 17.8 Å². The van der Waals surface area contributed by atoms with Crippen LogP contribution in [-0.4, -0.2) is 43.3 Å². The monoisotopic (exact) mass is 571 g/mol. The van der Waals surface area contributed by atoms with Gasteiger partial charge in [0.25, 0.3) is 0 Å². The van der Waals surface area contributed by atoms with E-state index in [2.05, 4.69) is 0 Å². The van der Waals surface area contributed by atoms with Crippen LogP contribution in [-0.2, 0) is 0 Å². The third-order valence-corrected chi connectivity index (χ3v) is 9.57.